The molecule has 114 valence electrons. The summed E-state index contributed by atoms with van der Waals surface area (Å²) < 4.78 is 18.3. The van der Waals surface area contributed by atoms with Crippen LogP contribution in [0, 0.1) is 5.82 Å². The molecule has 1 amide bonds. The third-order valence-electron chi connectivity index (χ3n) is 3.68. The summed E-state index contributed by atoms with van der Waals surface area (Å²) in [5, 5.41) is 0. The Morgan fingerprint density at radius 2 is 2.18 bits per heavy atom. The van der Waals surface area contributed by atoms with Gasteiger partial charge in [0.25, 0.3) is 5.91 Å². The van der Waals surface area contributed by atoms with Crippen LogP contribution in [0.1, 0.15) is 28.8 Å². The lowest BCUT2D eigenvalue weighted by molar-refractivity contribution is 0.0729. The minimum atomic E-state index is -0.285. The molecule has 0 radical (unpaired) electrons. The minimum absolute atomic E-state index is 0.0816. The van der Waals surface area contributed by atoms with E-state index in [4.69, 9.17) is 4.74 Å². The first-order valence-corrected chi connectivity index (χ1v) is 7.23. The first-order valence-electron chi connectivity index (χ1n) is 7.23. The molecule has 1 aromatic carbocycles. The van der Waals surface area contributed by atoms with E-state index in [1.807, 2.05) is 6.07 Å². The summed E-state index contributed by atoms with van der Waals surface area (Å²) in [7, 11) is 1.53. The lowest BCUT2D eigenvalue weighted by Crippen LogP contribution is -2.32. The highest BCUT2D eigenvalue weighted by atomic mass is 19.1. The molecule has 1 aromatic heterocycles. The van der Waals surface area contributed by atoms with Crippen LogP contribution in [0.3, 0.4) is 0 Å². The summed E-state index contributed by atoms with van der Waals surface area (Å²) in [6.07, 6.45) is 3.50. The summed E-state index contributed by atoms with van der Waals surface area (Å²) in [5.41, 5.74) is 1.31. The number of methoxy groups -OCH3 is 1. The number of nitrogens with zero attached hydrogens (tertiary/aromatic N) is 2. The molecule has 0 spiro atoms. The van der Waals surface area contributed by atoms with Gasteiger partial charge in [-0.3, -0.25) is 4.79 Å². The number of rotatable bonds is 5. The zero-order chi connectivity index (χ0) is 15.5. The van der Waals surface area contributed by atoms with E-state index in [1.54, 1.807) is 23.1 Å². The molecule has 1 fully saturated rings. The molecule has 1 aliphatic rings. The highest BCUT2D eigenvalue weighted by Crippen LogP contribution is 2.30. The Kier molecular flexibility index (Phi) is 4.04. The van der Waals surface area contributed by atoms with Crippen molar-refractivity contribution in [1.29, 1.82) is 0 Å². The monoisotopic (exact) mass is 300 g/mol. The van der Waals surface area contributed by atoms with Gasteiger partial charge in [-0.2, -0.15) is 0 Å². The number of carbonyl (C=O) groups is 1. The van der Waals surface area contributed by atoms with Gasteiger partial charge < -0.3 is 9.64 Å². The van der Waals surface area contributed by atoms with Crippen LogP contribution in [0.25, 0.3) is 0 Å². The second kappa shape index (κ2) is 6.13. The SMILES string of the molecule is COc1ccc(C(=O)N(Cc2cccc(F)c2)C2CC2)cn1. The summed E-state index contributed by atoms with van der Waals surface area (Å²) in [6.45, 7) is 0.410. The maximum absolute atomic E-state index is 13.3. The Morgan fingerprint density at radius 1 is 1.36 bits per heavy atom. The summed E-state index contributed by atoms with van der Waals surface area (Å²) >= 11 is 0. The van der Waals surface area contributed by atoms with E-state index >= 15 is 0 Å². The Balaban J connectivity index is 1.79. The standard InChI is InChI=1S/C17H17FN2O2/c1-22-16-8-5-13(10-19-16)17(21)20(15-6-7-15)11-12-3-2-4-14(18)9-12/h2-5,8-10,15H,6-7,11H2,1H3. The Morgan fingerprint density at radius 3 is 2.77 bits per heavy atom. The zero-order valence-electron chi connectivity index (χ0n) is 12.3. The van der Waals surface area contributed by atoms with Crippen LogP contribution in [-0.4, -0.2) is 28.9 Å². The number of hydrogen-bond acceptors (Lipinski definition) is 3. The molecule has 1 heterocycles. The van der Waals surface area contributed by atoms with E-state index in [0.717, 1.165) is 18.4 Å². The molecular formula is C17H17FN2O2. The molecule has 0 N–H and O–H groups in total. The Bertz CT molecular complexity index is 669. The van der Waals surface area contributed by atoms with Crippen LogP contribution in [0.15, 0.2) is 42.6 Å². The fourth-order valence-electron chi connectivity index (χ4n) is 2.38. The van der Waals surface area contributed by atoms with Crippen LogP contribution in [0.5, 0.6) is 5.88 Å². The van der Waals surface area contributed by atoms with Gasteiger partial charge in [-0.05, 0) is 36.6 Å². The molecule has 22 heavy (non-hydrogen) atoms. The largest absolute Gasteiger partial charge is 0.481 e. The smallest absolute Gasteiger partial charge is 0.255 e. The van der Waals surface area contributed by atoms with Crippen molar-refractivity contribution in [2.24, 2.45) is 0 Å². The van der Waals surface area contributed by atoms with E-state index < -0.39 is 0 Å². The predicted molar refractivity (Wildman–Crippen MR) is 80.1 cm³/mol. The van der Waals surface area contributed by atoms with Crippen molar-refractivity contribution in [2.45, 2.75) is 25.4 Å². The average molecular weight is 300 g/mol. The topological polar surface area (TPSA) is 42.4 Å². The van der Waals surface area contributed by atoms with Crippen molar-refractivity contribution in [1.82, 2.24) is 9.88 Å². The van der Waals surface area contributed by atoms with Crippen LogP contribution in [0.2, 0.25) is 0 Å². The maximum atomic E-state index is 13.3. The molecule has 3 rings (SSSR count). The van der Waals surface area contributed by atoms with E-state index in [2.05, 4.69) is 4.98 Å². The molecule has 0 unspecified atom stereocenters. The van der Waals surface area contributed by atoms with Gasteiger partial charge in [0.15, 0.2) is 0 Å². The third-order valence-corrected chi connectivity index (χ3v) is 3.68. The van der Waals surface area contributed by atoms with Gasteiger partial charge in [0.1, 0.15) is 5.82 Å². The van der Waals surface area contributed by atoms with Gasteiger partial charge in [-0.1, -0.05) is 12.1 Å². The van der Waals surface area contributed by atoms with Crippen LogP contribution in [-0.2, 0) is 6.54 Å². The van der Waals surface area contributed by atoms with Crippen molar-refractivity contribution < 1.29 is 13.9 Å². The van der Waals surface area contributed by atoms with Gasteiger partial charge in [0, 0.05) is 24.8 Å². The van der Waals surface area contributed by atoms with E-state index in [1.165, 1.54) is 25.4 Å². The number of carbonyl (C=O) groups excluding carboxylic acids is 1. The Labute approximate surface area is 128 Å². The fraction of sp³-hybridized carbons (Fsp3) is 0.294. The quantitative estimate of drug-likeness (QED) is 0.852. The zero-order valence-corrected chi connectivity index (χ0v) is 12.3. The van der Waals surface area contributed by atoms with E-state index in [9.17, 15) is 9.18 Å². The highest BCUT2D eigenvalue weighted by molar-refractivity contribution is 5.94. The molecule has 4 nitrogen and oxygen atoms in total. The second-order valence-corrected chi connectivity index (χ2v) is 5.38. The molecule has 1 aliphatic carbocycles. The van der Waals surface area contributed by atoms with Crippen molar-refractivity contribution in [3.63, 3.8) is 0 Å². The lowest BCUT2D eigenvalue weighted by Gasteiger charge is -2.22. The molecule has 0 atom stereocenters. The first-order chi connectivity index (χ1) is 10.7. The lowest BCUT2D eigenvalue weighted by atomic mass is 10.1. The number of benzene rings is 1. The van der Waals surface area contributed by atoms with Crippen LogP contribution >= 0.6 is 0 Å². The van der Waals surface area contributed by atoms with E-state index in [-0.39, 0.29) is 17.8 Å². The van der Waals surface area contributed by atoms with Crippen molar-refractivity contribution in [2.75, 3.05) is 7.11 Å². The number of ether oxygens (including phenoxy) is 1. The molecule has 0 bridgehead atoms. The van der Waals surface area contributed by atoms with Gasteiger partial charge in [0.05, 0.1) is 12.7 Å². The predicted octanol–water partition coefficient (Wildman–Crippen LogP) is 3.03. The maximum Gasteiger partial charge on any atom is 0.255 e. The average Bonchev–Trinajstić information content (AvgIpc) is 3.37. The summed E-state index contributed by atoms with van der Waals surface area (Å²) in [6, 6.07) is 9.97. The fourth-order valence-corrected chi connectivity index (χ4v) is 2.38. The number of hydrogen-bond donors (Lipinski definition) is 0. The molecular weight excluding hydrogens is 283 g/mol. The molecule has 1 saturated carbocycles. The summed E-state index contributed by atoms with van der Waals surface area (Å²) in [5.74, 6) is 0.105. The normalized spacial score (nSPS) is 13.7. The third kappa shape index (κ3) is 3.24. The number of amides is 1. The van der Waals surface area contributed by atoms with Crippen LogP contribution in [0.4, 0.5) is 4.39 Å². The van der Waals surface area contributed by atoms with Gasteiger partial charge >= 0.3 is 0 Å². The van der Waals surface area contributed by atoms with Crippen LogP contribution < -0.4 is 4.74 Å². The first kappa shape index (κ1) is 14.5. The highest BCUT2D eigenvalue weighted by Gasteiger charge is 2.33. The second-order valence-electron chi connectivity index (χ2n) is 5.38. The van der Waals surface area contributed by atoms with Crippen molar-refractivity contribution >= 4 is 5.91 Å². The van der Waals surface area contributed by atoms with Crippen molar-refractivity contribution in [3.8, 4) is 5.88 Å². The van der Waals surface area contributed by atoms with Gasteiger partial charge in [0.2, 0.25) is 5.88 Å². The molecule has 0 saturated heterocycles. The molecule has 0 aliphatic heterocycles. The molecule has 5 heteroatoms. The Hall–Kier alpha value is -2.43. The molecule has 2 aromatic rings. The van der Waals surface area contributed by atoms with E-state index in [0.29, 0.717) is 18.0 Å². The number of pyridine rings is 1. The number of aromatic nitrogens is 1. The summed E-state index contributed by atoms with van der Waals surface area (Å²) in [4.78, 5) is 18.5. The minimum Gasteiger partial charge on any atom is -0.481 e. The number of halogens is 1. The van der Waals surface area contributed by atoms with Gasteiger partial charge in [-0.25, -0.2) is 9.37 Å². The van der Waals surface area contributed by atoms with Gasteiger partial charge in [-0.15, -0.1) is 0 Å². The van der Waals surface area contributed by atoms with Crippen molar-refractivity contribution in [3.05, 3.63) is 59.5 Å².